The van der Waals surface area contributed by atoms with E-state index in [0.29, 0.717) is 21.9 Å². The van der Waals surface area contributed by atoms with E-state index in [1.54, 1.807) is 24.3 Å². The molecule has 0 heterocycles. The maximum atomic E-state index is 13.2. The highest BCUT2D eigenvalue weighted by molar-refractivity contribution is 6.30. The normalized spacial score (nSPS) is 9.61. The summed E-state index contributed by atoms with van der Waals surface area (Å²) in [5, 5.41) is 18.0. The molecule has 0 saturated carbocycles. The molecule has 3 nitrogen and oxygen atoms in total. The predicted octanol–water partition coefficient (Wildman–Crippen LogP) is 4.63. The Balaban J connectivity index is 2.26. The second kappa shape index (κ2) is 7.40. The molecule has 0 aliphatic carbocycles. The lowest BCUT2D eigenvalue weighted by molar-refractivity contribution is 0.304. The standard InChI is InChI=1S/C17H9ClF2N2O/c18-14-2-4-17(13(7-14)5-12(8-21)9-22)23-10-11-1-3-15(19)16(20)6-11/h1-7H,10H2. The number of halogens is 3. The van der Waals surface area contributed by atoms with Gasteiger partial charge in [0.05, 0.1) is 0 Å². The summed E-state index contributed by atoms with van der Waals surface area (Å²) >= 11 is 5.90. The molecule has 114 valence electrons. The number of nitrogens with zero attached hydrogens (tertiary/aromatic N) is 2. The van der Waals surface area contributed by atoms with Crippen LogP contribution in [0.2, 0.25) is 5.02 Å². The Morgan fingerprint density at radius 3 is 2.48 bits per heavy atom. The second-order valence-electron chi connectivity index (χ2n) is 4.50. The molecule has 0 aliphatic rings. The SMILES string of the molecule is N#CC(C#N)=Cc1cc(Cl)ccc1OCc1ccc(F)c(F)c1. The highest BCUT2D eigenvalue weighted by atomic mass is 35.5. The molecule has 6 heteroatoms. The van der Waals surface area contributed by atoms with Crippen LogP contribution in [0.4, 0.5) is 8.78 Å². The lowest BCUT2D eigenvalue weighted by Gasteiger charge is -2.10. The molecule has 0 bridgehead atoms. The first kappa shape index (κ1) is 16.5. The molecule has 0 spiro atoms. The molecule has 0 aromatic heterocycles. The van der Waals surface area contributed by atoms with Gasteiger partial charge in [0.2, 0.25) is 0 Å². The van der Waals surface area contributed by atoms with Gasteiger partial charge in [0.15, 0.2) is 11.6 Å². The summed E-state index contributed by atoms with van der Waals surface area (Å²) in [7, 11) is 0. The van der Waals surface area contributed by atoms with Crippen LogP contribution in [0.3, 0.4) is 0 Å². The van der Waals surface area contributed by atoms with Crippen molar-refractivity contribution in [3.8, 4) is 17.9 Å². The third-order valence-corrected chi connectivity index (χ3v) is 3.13. The number of allylic oxidation sites excluding steroid dienone is 1. The van der Waals surface area contributed by atoms with Crippen LogP contribution in [0.25, 0.3) is 6.08 Å². The van der Waals surface area contributed by atoms with Crippen molar-refractivity contribution in [3.05, 3.63) is 69.8 Å². The number of nitriles is 2. The van der Waals surface area contributed by atoms with Crippen LogP contribution in [0.15, 0.2) is 42.0 Å². The van der Waals surface area contributed by atoms with Crippen LogP contribution in [-0.2, 0) is 6.61 Å². The Labute approximate surface area is 136 Å². The van der Waals surface area contributed by atoms with Gasteiger partial charge in [0.25, 0.3) is 0 Å². The maximum absolute atomic E-state index is 13.2. The highest BCUT2D eigenvalue weighted by Crippen LogP contribution is 2.26. The van der Waals surface area contributed by atoms with Gasteiger partial charge in [0.1, 0.15) is 30.1 Å². The van der Waals surface area contributed by atoms with E-state index in [0.717, 1.165) is 12.1 Å². The average Bonchev–Trinajstić information content (AvgIpc) is 2.54. The number of hydrogen-bond donors (Lipinski definition) is 0. The minimum Gasteiger partial charge on any atom is -0.488 e. The zero-order valence-corrected chi connectivity index (χ0v) is 12.4. The third kappa shape index (κ3) is 4.29. The first-order valence-electron chi connectivity index (χ1n) is 6.41. The van der Waals surface area contributed by atoms with E-state index in [9.17, 15) is 8.78 Å². The molecule has 2 aromatic carbocycles. The van der Waals surface area contributed by atoms with Crippen molar-refractivity contribution in [3.63, 3.8) is 0 Å². The Morgan fingerprint density at radius 2 is 1.83 bits per heavy atom. The molecule has 0 unspecified atom stereocenters. The van der Waals surface area contributed by atoms with Crippen LogP contribution in [0, 0.1) is 34.3 Å². The third-order valence-electron chi connectivity index (χ3n) is 2.89. The Hall–Kier alpha value is -2.89. The van der Waals surface area contributed by atoms with Crippen LogP contribution >= 0.6 is 11.6 Å². The van der Waals surface area contributed by atoms with Gasteiger partial charge in [-0.1, -0.05) is 17.7 Å². The fraction of sp³-hybridized carbons (Fsp3) is 0.0588. The van der Waals surface area contributed by atoms with Gasteiger partial charge in [-0.25, -0.2) is 8.78 Å². The van der Waals surface area contributed by atoms with Gasteiger partial charge in [0, 0.05) is 10.6 Å². The topological polar surface area (TPSA) is 56.8 Å². The molecule has 0 amide bonds. The van der Waals surface area contributed by atoms with Crippen molar-refractivity contribution in [2.45, 2.75) is 6.61 Å². The molecule has 0 fully saturated rings. The second-order valence-corrected chi connectivity index (χ2v) is 4.94. The first-order chi connectivity index (χ1) is 11.0. The summed E-state index contributed by atoms with van der Waals surface area (Å²) in [6, 6.07) is 11.6. The summed E-state index contributed by atoms with van der Waals surface area (Å²) in [6.07, 6.45) is 1.34. The van der Waals surface area contributed by atoms with E-state index in [-0.39, 0.29) is 12.2 Å². The van der Waals surface area contributed by atoms with Gasteiger partial charge < -0.3 is 4.74 Å². The van der Waals surface area contributed by atoms with Crippen LogP contribution in [0.1, 0.15) is 11.1 Å². The quantitative estimate of drug-likeness (QED) is 0.768. The van der Waals surface area contributed by atoms with E-state index >= 15 is 0 Å². The molecule has 2 rings (SSSR count). The summed E-state index contributed by atoms with van der Waals surface area (Å²) in [4.78, 5) is 0. The van der Waals surface area contributed by atoms with Crippen molar-refractivity contribution in [1.82, 2.24) is 0 Å². The Kier molecular flexibility index (Phi) is 5.30. The van der Waals surface area contributed by atoms with Crippen molar-refractivity contribution in [2.24, 2.45) is 0 Å². The minimum absolute atomic E-state index is 0.00584. The lowest BCUT2D eigenvalue weighted by atomic mass is 10.1. The highest BCUT2D eigenvalue weighted by Gasteiger charge is 2.07. The largest absolute Gasteiger partial charge is 0.488 e. The number of ether oxygens (including phenoxy) is 1. The summed E-state index contributed by atoms with van der Waals surface area (Å²) in [6.45, 7) is -0.00584. The molecule has 2 aromatic rings. The van der Waals surface area contributed by atoms with Gasteiger partial charge in [-0.3, -0.25) is 0 Å². The number of benzene rings is 2. The zero-order chi connectivity index (χ0) is 16.8. The Morgan fingerprint density at radius 1 is 1.09 bits per heavy atom. The summed E-state index contributed by atoms with van der Waals surface area (Å²) in [5.74, 6) is -1.53. The fourth-order valence-corrected chi connectivity index (χ4v) is 1.98. The van der Waals surface area contributed by atoms with Crippen molar-refractivity contribution < 1.29 is 13.5 Å². The lowest BCUT2D eigenvalue weighted by Crippen LogP contribution is -1.98. The molecule has 0 saturated heterocycles. The van der Waals surface area contributed by atoms with E-state index in [2.05, 4.69) is 0 Å². The van der Waals surface area contributed by atoms with E-state index in [4.69, 9.17) is 26.9 Å². The smallest absolute Gasteiger partial charge is 0.159 e. The van der Waals surface area contributed by atoms with E-state index in [1.165, 1.54) is 18.2 Å². The molecule has 0 atom stereocenters. The van der Waals surface area contributed by atoms with E-state index in [1.807, 2.05) is 0 Å². The first-order valence-corrected chi connectivity index (χ1v) is 6.79. The van der Waals surface area contributed by atoms with Gasteiger partial charge in [-0.15, -0.1) is 0 Å². The summed E-state index contributed by atoms with van der Waals surface area (Å²) < 4.78 is 31.6. The predicted molar refractivity (Wildman–Crippen MR) is 81.3 cm³/mol. The zero-order valence-electron chi connectivity index (χ0n) is 11.7. The molecule has 0 aliphatic heterocycles. The minimum atomic E-state index is -0.960. The van der Waals surface area contributed by atoms with Crippen molar-refractivity contribution in [1.29, 1.82) is 10.5 Å². The van der Waals surface area contributed by atoms with Crippen LogP contribution in [-0.4, -0.2) is 0 Å². The Bertz CT molecular complexity index is 835. The summed E-state index contributed by atoms with van der Waals surface area (Å²) in [5.41, 5.74) is 0.776. The fourth-order valence-electron chi connectivity index (χ4n) is 1.80. The van der Waals surface area contributed by atoms with Gasteiger partial charge >= 0.3 is 0 Å². The molecular formula is C17H9ClF2N2O. The molecular weight excluding hydrogens is 322 g/mol. The molecule has 0 radical (unpaired) electrons. The van der Waals surface area contributed by atoms with E-state index < -0.39 is 11.6 Å². The van der Waals surface area contributed by atoms with Crippen molar-refractivity contribution in [2.75, 3.05) is 0 Å². The number of rotatable bonds is 4. The average molecular weight is 331 g/mol. The maximum Gasteiger partial charge on any atom is 0.159 e. The van der Waals surface area contributed by atoms with Crippen LogP contribution < -0.4 is 4.74 Å². The van der Waals surface area contributed by atoms with Gasteiger partial charge in [-0.05, 0) is 42.0 Å². The van der Waals surface area contributed by atoms with Crippen LogP contribution in [0.5, 0.6) is 5.75 Å². The molecule has 23 heavy (non-hydrogen) atoms. The number of hydrogen-bond acceptors (Lipinski definition) is 3. The van der Waals surface area contributed by atoms with Gasteiger partial charge in [-0.2, -0.15) is 10.5 Å². The molecule has 0 N–H and O–H groups in total. The monoisotopic (exact) mass is 330 g/mol. The van der Waals surface area contributed by atoms with Crippen molar-refractivity contribution >= 4 is 17.7 Å².